The van der Waals surface area contributed by atoms with Gasteiger partial charge in [0.05, 0.1) is 0 Å². The van der Waals surface area contributed by atoms with Crippen molar-refractivity contribution in [3.05, 3.63) is 0 Å². The van der Waals surface area contributed by atoms with Gasteiger partial charge in [0.15, 0.2) is 0 Å². The predicted octanol–water partition coefficient (Wildman–Crippen LogP) is 4.10. The summed E-state index contributed by atoms with van der Waals surface area (Å²) in [5.74, 6) is 0. The maximum Gasteiger partial charge on any atom is 0.0309 e. The van der Waals surface area contributed by atoms with Crippen LogP contribution in [0.3, 0.4) is 0 Å². The van der Waals surface area contributed by atoms with Gasteiger partial charge < -0.3 is 5.32 Å². The zero-order chi connectivity index (χ0) is 13.8. The minimum atomic E-state index is 0.494. The molecule has 3 rings (SSSR count). The van der Waals surface area contributed by atoms with Gasteiger partial charge in [-0.1, -0.05) is 51.9 Å². The van der Waals surface area contributed by atoms with Gasteiger partial charge in [0.1, 0.15) is 0 Å². The van der Waals surface area contributed by atoms with Crippen molar-refractivity contribution < 1.29 is 0 Å². The van der Waals surface area contributed by atoms with E-state index < -0.39 is 0 Å². The van der Waals surface area contributed by atoms with Crippen LogP contribution in [0.4, 0.5) is 0 Å². The van der Waals surface area contributed by atoms with Crippen LogP contribution in [0.2, 0.25) is 0 Å². The van der Waals surface area contributed by atoms with Crippen LogP contribution >= 0.6 is 0 Å². The number of rotatable bonds is 2. The number of hydrogen-bond donors (Lipinski definition) is 1. The molecule has 1 N–H and O–H groups in total. The van der Waals surface area contributed by atoms with Crippen LogP contribution in [0, 0.1) is 0 Å². The molecule has 0 bridgehead atoms. The van der Waals surface area contributed by atoms with E-state index in [4.69, 9.17) is 0 Å². The molecule has 1 atom stereocenters. The summed E-state index contributed by atoms with van der Waals surface area (Å²) >= 11 is 0. The Morgan fingerprint density at radius 2 is 1.60 bits per heavy atom. The Morgan fingerprint density at radius 1 is 0.950 bits per heavy atom. The molecule has 1 unspecified atom stereocenters. The highest BCUT2D eigenvalue weighted by Gasteiger charge is 2.42. The molecule has 1 aliphatic heterocycles. The van der Waals surface area contributed by atoms with Crippen molar-refractivity contribution in [1.29, 1.82) is 0 Å². The first kappa shape index (κ1) is 14.8. The van der Waals surface area contributed by atoms with Crippen LogP contribution < -0.4 is 5.32 Å². The second-order valence-corrected chi connectivity index (χ2v) is 7.60. The highest BCUT2D eigenvalue weighted by atomic mass is 15.3. The lowest BCUT2D eigenvalue weighted by atomic mass is 9.87. The fraction of sp³-hybridized carbons (Fsp3) is 1.00. The third-order valence-corrected chi connectivity index (χ3v) is 6.24. The summed E-state index contributed by atoms with van der Waals surface area (Å²) in [4.78, 5) is 2.95. The van der Waals surface area contributed by atoms with E-state index in [1.165, 1.54) is 90.1 Å². The predicted molar refractivity (Wildman–Crippen MR) is 86.1 cm³/mol. The minimum Gasteiger partial charge on any atom is -0.308 e. The Bertz CT molecular complexity index is 288. The van der Waals surface area contributed by atoms with Gasteiger partial charge in [0, 0.05) is 30.7 Å². The summed E-state index contributed by atoms with van der Waals surface area (Å²) in [5.41, 5.74) is 0.494. The Kier molecular flexibility index (Phi) is 5.04. The molecule has 20 heavy (non-hydrogen) atoms. The Labute approximate surface area is 125 Å². The van der Waals surface area contributed by atoms with Gasteiger partial charge in [-0.05, 0) is 32.1 Å². The summed E-state index contributed by atoms with van der Waals surface area (Å²) in [7, 11) is 0. The van der Waals surface area contributed by atoms with Crippen molar-refractivity contribution in [2.24, 2.45) is 0 Å². The first-order valence-electron chi connectivity index (χ1n) is 9.34. The van der Waals surface area contributed by atoms with Crippen LogP contribution in [-0.4, -0.2) is 35.6 Å². The molecule has 0 aromatic heterocycles. The lowest BCUT2D eigenvalue weighted by Crippen LogP contribution is -2.65. The average molecular weight is 278 g/mol. The molecule has 0 aromatic rings. The van der Waals surface area contributed by atoms with E-state index in [9.17, 15) is 0 Å². The molecule has 0 amide bonds. The van der Waals surface area contributed by atoms with Gasteiger partial charge in [-0.15, -0.1) is 0 Å². The van der Waals surface area contributed by atoms with E-state index >= 15 is 0 Å². The van der Waals surface area contributed by atoms with Crippen molar-refractivity contribution in [1.82, 2.24) is 10.2 Å². The van der Waals surface area contributed by atoms with E-state index in [2.05, 4.69) is 17.1 Å². The van der Waals surface area contributed by atoms with E-state index in [0.717, 1.165) is 12.1 Å². The molecule has 0 aromatic carbocycles. The fourth-order valence-electron chi connectivity index (χ4n) is 4.95. The number of nitrogens with one attached hydrogen (secondary N) is 1. The summed E-state index contributed by atoms with van der Waals surface area (Å²) in [5, 5.41) is 3.95. The molecule has 1 saturated heterocycles. The Balaban J connectivity index is 1.68. The van der Waals surface area contributed by atoms with Crippen LogP contribution in [-0.2, 0) is 0 Å². The molecule has 0 radical (unpaired) electrons. The molecule has 116 valence electrons. The van der Waals surface area contributed by atoms with E-state index in [0.29, 0.717) is 5.54 Å². The average Bonchev–Trinajstić information content (AvgIpc) is 2.87. The van der Waals surface area contributed by atoms with Crippen molar-refractivity contribution in [2.45, 2.75) is 102 Å². The molecule has 2 heteroatoms. The number of nitrogens with zero attached hydrogens (tertiary/aromatic N) is 1. The smallest absolute Gasteiger partial charge is 0.0309 e. The van der Waals surface area contributed by atoms with Crippen molar-refractivity contribution in [3.63, 3.8) is 0 Å². The monoisotopic (exact) mass is 278 g/mol. The van der Waals surface area contributed by atoms with Gasteiger partial charge in [-0.25, -0.2) is 0 Å². The summed E-state index contributed by atoms with van der Waals surface area (Å²) < 4.78 is 0. The van der Waals surface area contributed by atoms with E-state index in [1.807, 2.05) is 0 Å². The Hall–Kier alpha value is -0.0800. The highest BCUT2D eigenvalue weighted by Crippen LogP contribution is 2.36. The third kappa shape index (κ3) is 3.22. The van der Waals surface area contributed by atoms with Gasteiger partial charge in [0.25, 0.3) is 0 Å². The first-order chi connectivity index (χ1) is 9.83. The van der Waals surface area contributed by atoms with Gasteiger partial charge in [0.2, 0.25) is 0 Å². The van der Waals surface area contributed by atoms with Gasteiger partial charge >= 0.3 is 0 Å². The maximum absolute atomic E-state index is 3.95. The lowest BCUT2D eigenvalue weighted by molar-refractivity contribution is 0.0306. The van der Waals surface area contributed by atoms with Gasteiger partial charge in [-0.2, -0.15) is 0 Å². The van der Waals surface area contributed by atoms with Crippen molar-refractivity contribution in [2.75, 3.05) is 13.1 Å². The normalized spacial score (nSPS) is 33.1. The molecule has 2 nitrogen and oxygen atoms in total. The van der Waals surface area contributed by atoms with E-state index in [1.54, 1.807) is 0 Å². The summed E-state index contributed by atoms with van der Waals surface area (Å²) in [6.07, 6.45) is 17.4. The lowest BCUT2D eigenvalue weighted by Gasteiger charge is -2.50. The zero-order valence-electron chi connectivity index (χ0n) is 13.5. The zero-order valence-corrected chi connectivity index (χ0v) is 13.5. The SMILES string of the molecule is CCC1CNC2(CCCC2)CN1C1CCCCCCC1. The Morgan fingerprint density at radius 3 is 2.25 bits per heavy atom. The molecular formula is C18H34N2. The topological polar surface area (TPSA) is 15.3 Å². The van der Waals surface area contributed by atoms with Crippen LogP contribution in [0.1, 0.15) is 84.0 Å². The van der Waals surface area contributed by atoms with Crippen LogP contribution in [0.5, 0.6) is 0 Å². The molecule has 3 fully saturated rings. The largest absolute Gasteiger partial charge is 0.308 e. The van der Waals surface area contributed by atoms with Crippen LogP contribution in [0.15, 0.2) is 0 Å². The number of hydrogen-bond acceptors (Lipinski definition) is 2. The first-order valence-corrected chi connectivity index (χ1v) is 9.34. The number of piperazine rings is 1. The fourth-order valence-corrected chi connectivity index (χ4v) is 4.95. The second-order valence-electron chi connectivity index (χ2n) is 7.60. The summed E-state index contributed by atoms with van der Waals surface area (Å²) in [6.45, 7) is 4.97. The van der Waals surface area contributed by atoms with E-state index in [-0.39, 0.29) is 0 Å². The van der Waals surface area contributed by atoms with Crippen molar-refractivity contribution >= 4 is 0 Å². The highest BCUT2D eigenvalue weighted by molar-refractivity contribution is 5.02. The molecular weight excluding hydrogens is 244 g/mol. The molecule has 1 heterocycles. The third-order valence-electron chi connectivity index (χ3n) is 6.24. The molecule has 1 spiro atoms. The standard InChI is InChI=1S/C18H34N2/c1-2-16-14-19-18(12-8-9-13-18)15-20(16)17-10-6-4-3-5-7-11-17/h16-17,19H,2-15H2,1H3. The minimum absolute atomic E-state index is 0.494. The summed E-state index contributed by atoms with van der Waals surface area (Å²) in [6, 6.07) is 1.69. The molecule has 3 aliphatic rings. The maximum atomic E-state index is 3.95. The van der Waals surface area contributed by atoms with Crippen molar-refractivity contribution in [3.8, 4) is 0 Å². The van der Waals surface area contributed by atoms with Crippen LogP contribution in [0.25, 0.3) is 0 Å². The van der Waals surface area contributed by atoms with Gasteiger partial charge in [-0.3, -0.25) is 4.90 Å². The molecule has 2 saturated carbocycles. The quantitative estimate of drug-likeness (QED) is 0.818. The second kappa shape index (κ2) is 6.79. The molecule has 2 aliphatic carbocycles.